The highest BCUT2D eigenvalue weighted by Gasteiger charge is 2.54. The van der Waals surface area contributed by atoms with E-state index in [0.29, 0.717) is 6.04 Å². The molecule has 0 radical (unpaired) electrons. The summed E-state index contributed by atoms with van der Waals surface area (Å²) in [6, 6.07) is 0.292. The van der Waals surface area contributed by atoms with E-state index in [9.17, 15) is 18.0 Å². The van der Waals surface area contributed by atoms with Crippen LogP contribution >= 0.6 is 0 Å². The van der Waals surface area contributed by atoms with Crippen molar-refractivity contribution in [2.45, 2.75) is 49.9 Å². The lowest BCUT2D eigenvalue weighted by molar-refractivity contribution is -0.151. The summed E-state index contributed by atoms with van der Waals surface area (Å²) in [6.07, 6.45) is -1.18. The molecule has 1 atom stereocenters. The quantitative estimate of drug-likeness (QED) is 0.696. The molecular formula is C14H23F3N2O2. The number of methoxy groups -OCH3 is 1. The van der Waals surface area contributed by atoms with E-state index in [1.807, 2.05) is 0 Å². The Bertz CT molecular complexity index is 381. The van der Waals surface area contributed by atoms with E-state index in [1.165, 1.54) is 7.11 Å². The van der Waals surface area contributed by atoms with E-state index in [1.54, 1.807) is 11.9 Å². The summed E-state index contributed by atoms with van der Waals surface area (Å²) >= 11 is 0. The van der Waals surface area contributed by atoms with Crippen LogP contribution in [0.15, 0.2) is 0 Å². The summed E-state index contributed by atoms with van der Waals surface area (Å²) in [6.45, 7) is 0.151. The molecule has 1 N–H and O–H groups in total. The lowest BCUT2D eigenvalue weighted by Gasteiger charge is -2.36. The van der Waals surface area contributed by atoms with Gasteiger partial charge in [-0.1, -0.05) is 0 Å². The Balaban J connectivity index is 2.01. The number of hydrogen-bond donors (Lipinski definition) is 1. The predicted molar refractivity (Wildman–Crippen MR) is 71.8 cm³/mol. The number of halogens is 3. The summed E-state index contributed by atoms with van der Waals surface area (Å²) < 4.78 is 41.9. The highest BCUT2D eigenvalue weighted by Crippen LogP contribution is 2.42. The smallest absolute Gasteiger partial charge is 0.390 e. The molecule has 7 heteroatoms. The van der Waals surface area contributed by atoms with Crippen LogP contribution in [0.2, 0.25) is 0 Å². The van der Waals surface area contributed by atoms with Crippen LogP contribution in [0.1, 0.15) is 32.1 Å². The third-order valence-electron chi connectivity index (χ3n) is 4.16. The van der Waals surface area contributed by atoms with Crippen molar-refractivity contribution in [3.05, 3.63) is 0 Å². The highest BCUT2D eigenvalue weighted by molar-refractivity contribution is 5.82. The molecule has 0 aromatic carbocycles. The molecule has 2 saturated carbocycles. The largest absolute Gasteiger partial charge is 0.468 e. The zero-order valence-corrected chi connectivity index (χ0v) is 12.5. The second-order valence-electron chi connectivity index (χ2n) is 6.26. The Labute approximate surface area is 123 Å². The Morgan fingerprint density at radius 2 is 1.90 bits per heavy atom. The van der Waals surface area contributed by atoms with Crippen LogP contribution in [-0.2, 0) is 9.53 Å². The molecule has 0 aliphatic heterocycles. The Morgan fingerprint density at radius 1 is 1.29 bits per heavy atom. The van der Waals surface area contributed by atoms with Crippen molar-refractivity contribution in [2.24, 2.45) is 5.92 Å². The molecule has 0 spiro atoms. The minimum Gasteiger partial charge on any atom is -0.468 e. The third kappa shape index (κ3) is 4.57. The Hall–Kier alpha value is -0.820. The van der Waals surface area contributed by atoms with E-state index >= 15 is 0 Å². The van der Waals surface area contributed by atoms with Gasteiger partial charge < -0.3 is 9.64 Å². The van der Waals surface area contributed by atoms with Crippen LogP contribution in [-0.4, -0.2) is 55.9 Å². The minimum absolute atomic E-state index is 0.110. The first-order valence-corrected chi connectivity index (χ1v) is 7.38. The topological polar surface area (TPSA) is 41.6 Å². The second-order valence-corrected chi connectivity index (χ2v) is 6.26. The summed E-state index contributed by atoms with van der Waals surface area (Å²) in [5.74, 6) is -0.186. The Morgan fingerprint density at radius 3 is 2.33 bits per heavy atom. The molecule has 0 aromatic heterocycles. The van der Waals surface area contributed by atoms with Gasteiger partial charge in [0.05, 0.1) is 13.5 Å². The zero-order chi connectivity index (χ0) is 15.7. The van der Waals surface area contributed by atoms with E-state index < -0.39 is 18.1 Å². The highest BCUT2D eigenvalue weighted by atomic mass is 19.4. The third-order valence-corrected chi connectivity index (χ3v) is 4.16. The van der Waals surface area contributed by atoms with Crippen LogP contribution < -0.4 is 5.32 Å². The standard InChI is InChI=1S/C14H23F3N2O2/c1-19(8-7-14(15,16)17)9-13(10-3-4-10,12(20)21-2)18-11-5-6-11/h10-11,18H,3-9H2,1-2H3. The van der Waals surface area contributed by atoms with Gasteiger partial charge in [0.25, 0.3) is 0 Å². The monoisotopic (exact) mass is 308 g/mol. The van der Waals surface area contributed by atoms with Gasteiger partial charge in [0.2, 0.25) is 0 Å². The van der Waals surface area contributed by atoms with E-state index in [0.717, 1.165) is 25.7 Å². The maximum atomic E-state index is 12.3. The first kappa shape index (κ1) is 16.5. The molecule has 21 heavy (non-hydrogen) atoms. The van der Waals surface area contributed by atoms with Crippen molar-refractivity contribution in [3.8, 4) is 0 Å². The van der Waals surface area contributed by atoms with Gasteiger partial charge in [0.15, 0.2) is 0 Å². The lowest BCUT2D eigenvalue weighted by atomic mass is 9.92. The molecule has 2 aliphatic carbocycles. The first-order valence-electron chi connectivity index (χ1n) is 7.38. The number of esters is 1. The number of likely N-dealkylation sites (N-methyl/N-ethyl adjacent to an activating group) is 1. The molecule has 0 aromatic rings. The maximum absolute atomic E-state index is 12.3. The van der Waals surface area contributed by atoms with Gasteiger partial charge in [-0.25, -0.2) is 4.79 Å². The van der Waals surface area contributed by atoms with Gasteiger partial charge in [-0.2, -0.15) is 13.2 Å². The number of carbonyl (C=O) groups excluding carboxylic acids is 1. The fourth-order valence-corrected chi connectivity index (χ4v) is 2.76. The molecular weight excluding hydrogens is 285 g/mol. The van der Waals surface area contributed by atoms with E-state index in [-0.39, 0.29) is 25.0 Å². The number of ether oxygens (including phenoxy) is 1. The van der Waals surface area contributed by atoms with Crippen molar-refractivity contribution in [1.82, 2.24) is 10.2 Å². The van der Waals surface area contributed by atoms with Crippen LogP contribution in [0.3, 0.4) is 0 Å². The van der Waals surface area contributed by atoms with Crippen molar-refractivity contribution >= 4 is 5.97 Å². The van der Waals surface area contributed by atoms with Crippen LogP contribution in [0, 0.1) is 5.92 Å². The second kappa shape index (κ2) is 6.12. The molecule has 0 bridgehead atoms. The van der Waals surface area contributed by atoms with Crippen LogP contribution in [0.25, 0.3) is 0 Å². The summed E-state index contributed by atoms with van der Waals surface area (Å²) in [7, 11) is 2.96. The number of alkyl halides is 3. The average Bonchev–Trinajstić information content (AvgIpc) is 3.25. The normalized spacial score (nSPS) is 22.2. The fraction of sp³-hybridized carbons (Fsp3) is 0.929. The van der Waals surface area contributed by atoms with Crippen molar-refractivity contribution in [3.63, 3.8) is 0 Å². The fourth-order valence-electron chi connectivity index (χ4n) is 2.76. The molecule has 122 valence electrons. The predicted octanol–water partition coefficient (Wildman–Crippen LogP) is 1.94. The van der Waals surface area contributed by atoms with Crippen LogP contribution in [0.4, 0.5) is 13.2 Å². The number of rotatable bonds is 8. The maximum Gasteiger partial charge on any atom is 0.390 e. The SMILES string of the molecule is COC(=O)C(CN(C)CCC(F)(F)F)(NC1CC1)C1CC1. The van der Waals surface area contributed by atoms with E-state index in [2.05, 4.69) is 5.32 Å². The number of nitrogens with zero attached hydrogens (tertiary/aromatic N) is 1. The molecule has 0 heterocycles. The zero-order valence-electron chi connectivity index (χ0n) is 12.5. The summed E-state index contributed by atoms with van der Waals surface area (Å²) in [4.78, 5) is 13.9. The minimum atomic E-state index is -4.17. The molecule has 4 nitrogen and oxygen atoms in total. The van der Waals surface area contributed by atoms with Gasteiger partial charge in [0, 0.05) is 19.1 Å². The summed E-state index contributed by atoms with van der Waals surface area (Å²) in [5.41, 5.74) is -0.851. The summed E-state index contributed by atoms with van der Waals surface area (Å²) in [5, 5.41) is 3.35. The average molecular weight is 308 g/mol. The van der Waals surface area contributed by atoms with Gasteiger partial charge >= 0.3 is 12.1 Å². The molecule has 2 aliphatic rings. The van der Waals surface area contributed by atoms with Gasteiger partial charge in [-0.05, 0) is 38.6 Å². The molecule has 2 rings (SSSR count). The number of carbonyl (C=O) groups is 1. The van der Waals surface area contributed by atoms with Crippen molar-refractivity contribution in [2.75, 3.05) is 27.2 Å². The number of hydrogen-bond acceptors (Lipinski definition) is 4. The van der Waals surface area contributed by atoms with Crippen LogP contribution in [0.5, 0.6) is 0 Å². The molecule has 0 saturated heterocycles. The lowest BCUT2D eigenvalue weighted by Crippen LogP contribution is -2.61. The van der Waals surface area contributed by atoms with Gasteiger partial charge in [-0.3, -0.25) is 5.32 Å². The molecule has 2 fully saturated rings. The van der Waals surface area contributed by atoms with Crippen molar-refractivity contribution in [1.29, 1.82) is 0 Å². The van der Waals surface area contributed by atoms with Gasteiger partial charge in [-0.15, -0.1) is 0 Å². The number of nitrogens with one attached hydrogen (secondary N) is 1. The molecule has 1 unspecified atom stereocenters. The first-order chi connectivity index (χ1) is 9.77. The Kier molecular flexibility index (Phi) is 4.82. The van der Waals surface area contributed by atoms with Gasteiger partial charge in [0.1, 0.15) is 5.54 Å². The molecule has 0 amide bonds. The van der Waals surface area contributed by atoms with E-state index in [4.69, 9.17) is 4.74 Å². The van der Waals surface area contributed by atoms with Crippen molar-refractivity contribution < 1.29 is 22.7 Å².